The van der Waals surface area contributed by atoms with Crippen molar-refractivity contribution in [3.63, 3.8) is 0 Å². The molecule has 6 nitrogen and oxygen atoms in total. The van der Waals surface area contributed by atoms with E-state index in [0.29, 0.717) is 43.9 Å². The molecule has 1 aliphatic carbocycles. The lowest BCUT2D eigenvalue weighted by Crippen LogP contribution is -2.26. The summed E-state index contributed by atoms with van der Waals surface area (Å²) in [6.45, 7) is 0.927. The Balaban J connectivity index is 1.68. The monoisotopic (exact) mass is 436 g/mol. The van der Waals surface area contributed by atoms with Crippen molar-refractivity contribution in [1.82, 2.24) is 0 Å². The normalized spacial score (nSPS) is 28.6. The molecule has 1 aromatic carbocycles. The fraction of sp³-hybridized carbons (Fsp3) is 0.522. The van der Waals surface area contributed by atoms with Crippen molar-refractivity contribution in [3.8, 4) is 0 Å². The number of carbonyl (C=O) groups is 1. The quantitative estimate of drug-likeness (QED) is 0.404. The number of carboxylic acid groups (broad SMARTS) is 1. The maximum atomic E-state index is 10.6. The topological polar surface area (TPSA) is 96.2 Å². The molecule has 0 aromatic heterocycles. The Morgan fingerprint density at radius 1 is 1.13 bits per heavy atom. The maximum absolute atomic E-state index is 10.6. The largest absolute Gasteiger partial charge is 0.481 e. The van der Waals surface area contributed by atoms with Gasteiger partial charge in [0.1, 0.15) is 0 Å². The average Bonchev–Trinajstić information content (AvgIpc) is 3.28. The first-order chi connectivity index (χ1) is 14.4. The van der Waals surface area contributed by atoms with Gasteiger partial charge in [0.2, 0.25) is 5.79 Å². The summed E-state index contributed by atoms with van der Waals surface area (Å²) in [6.07, 6.45) is 8.73. The molecule has 1 aromatic rings. The number of halogens is 1. The van der Waals surface area contributed by atoms with Crippen LogP contribution in [0, 0.1) is 11.8 Å². The van der Waals surface area contributed by atoms with Crippen molar-refractivity contribution in [3.05, 3.63) is 59.2 Å². The zero-order valence-corrected chi connectivity index (χ0v) is 17.6. The first kappa shape index (κ1) is 23.0. The predicted octanol–water partition coefficient (Wildman–Crippen LogP) is 3.65. The van der Waals surface area contributed by atoms with Gasteiger partial charge in [-0.3, -0.25) is 4.79 Å². The minimum absolute atomic E-state index is 0.129. The van der Waals surface area contributed by atoms with E-state index in [4.69, 9.17) is 26.2 Å². The van der Waals surface area contributed by atoms with E-state index in [2.05, 4.69) is 0 Å². The molecule has 0 amide bonds. The average molecular weight is 437 g/mol. The van der Waals surface area contributed by atoms with Gasteiger partial charge in [0, 0.05) is 29.3 Å². The first-order valence-electron chi connectivity index (χ1n) is 10.4. The van der Waals surface area contributed by atoms with Gasteiger partial charge in [-0.05, 0) is 43.4 Å². The molecule has 164 valence electrons. The van der Waals surface area contributed by atoms with Crippen LogP contribution >= 0.6 is 11.6 Å². The Hall–Kier alpha value is -1.70. The third-order valence-corrected chi connectivity index (χ3v) is 6.00. The van der Waals surface area contributed by atoms with E-state index >= 15 is 0 Å². The maximum Gasteiger partial charge on any atom is 0.303 e. The van der Waals surface area contributed by atoms with E-state index in [-0.39, 0.29) is 18.3 Å². The Morgan fingerprint density at radius 2 is 1.83 bits per heavy atom. The molecule has 4 atom stereocenters. The Labute approximate surface area is 181 Å². The van der Waals surface area contributed by atoms with Gasteiger partial charge < -0.3 is 24.8 Å². The molecule has 1 aliphatic heterocycles. The molecule has 30 heavy (non-hydrogen) atoms. The van der Waals surface area contributed by atoms with E-state index in [0.717, 1.165) is 5.56 Å². The lowest BCUT2D eigenvalue weighted by Gasteiger charge is -2.26. The van der Waals surface area contributed by atoms with E-state index < -0.39 is 24.0 Å². The van der Waals surface area contributed by atoms with E-state index in [1.165, 1.54) is 0 Å². The molecular formula is C23H29ClO6. The number of ether oxygens (including phenoxy) is 2. The Kier molecular flexibility index (Phi) is 8.08. The van der Waals surface area contributed by atoms with Crippen LogP contribution in [0.4, 0.5) is 0 Å². The van der Waals surface area contributed by atoms with Crippen LogP contribution in [0.15, 0.2) is 48.6 Å². The van der Waals surface area contributed by atoms with Crippen LogP contribution in [0.5, 0.6) is 0 Å². The Morgan fingerprint density at radius 3 is 2.50 bits per heavy atom. The van der Waals surface area contributed by atoms with Crippen molar-refractivity contribution < 1.29 is 29.6 Å². The van der Waals surface area contributed by atoms with Crippen LogP contribution < -0.4 is 0 Å². The van der Waals surface area contributed by atoms with Crippen molar-refractivity contribution >= 4 is 17.6 Å². The smallest absolute Gasteiger partial charge is 0.303 e. The van der Waals surface area contributed by atoms with E-state index in [1.807, 2.05) is 36.4 Å². The summed E-state index contributed by atoms with van der Waals surface area (Å²) in [5, 5.41) is 30.2. The minimum Gasteiger partial charge on any atom is -0.481 e. The number of unbranched alkanes of at least 4 members (excludes halogenated alkanes) is 1. The van der Waals surface area contributed by atoms with Gasteiger partial charge in [-0.2, -0.15) is 0 Å². The molecule has 3 rings (SSSR count). The molecule has 1 heterocycles. The van der Waals surface area contributed by atoms with Crippen LogP contribution in [-0.4, -0.2) is 46.7 Å². The van der Waals surface area contributed by atoms with Gasteiger partial charge in [0.25, 0.3) is 0 Å². The van der Waals surface area contributed by atoms with Crippen LogP contribution in [0.25, 0.3) is 0 Å². The highest BCUT2D eigenvalue weighted by Gasteiger charge is 2.41. The summed E-state index contributed by atoms with van der Waals surface area (Å²) >= 11 is 6.00. The summed E-state index contributed by atoms with van der Waals surface area (Å²) in [5.74, 6) is -2.18. The van der Waals surface area contributed by atoms with Crippen molar-refractivity contribution in [2.24, 2.45) is 11.8 Å². The number of carboxylic acids is 1. The number of aliphatic hydroxyl groups excluding tert-OH is 2. The van der Waals surface area contributed by atoms with Crippen LogP contribution in [0.2, 0.25) is 5.02 Å². The second kappa shape index (κ2) is 10.6. The molecule has 0 radical (unpaired) electrons. The summed E-state index contributed by atoms with van der Waals surface area (Å²) in [6, 6.07) is 7.28. The number of hydrogen-bond acceptors (Lipinski definition) is 5. The van der Waals surface area contributed by atoms with Gasteiger partial charge in [0.05, 0.1) is 25.4 Å². The van der Waals surface area contributed by atoms with Gasteiger partial charge in [-0.1, -0.05) is 42.0 Å². The third kappa shape index (κ3) is 5.71. The predicted molar refractivity (Wildman–Crippen MR) is 113 cm³/mol. The summed E-state index contributed by atoms with van der Waals surface area (Å²) in [4.78, 5) is 10.6. The van der Waals surface area contributed by atoms with Crippen LogP contribution in [-0.2, 0) is 20.1 Å². The molecule has 2 aliphatic rings. The summed E-state index contributed by atoms with van der Waals surface area (Å²) < 4.78 is 11.8. The molecule has 1 saturated heterocycles. The second-order valence-corrected chi connectivity index (χ2v) is 8.27. The van der Waals surface area contributed by atoms with E-state index in [1.54, 1.807) is 12.1 Å². The van der Waals surface area contributed by atoms with Gasteiger partial charge in [-0.25, -0.2) is 0 Å². The number of aliphatic hydroxyl groups is 2. The zero-order chi connectivity index (χ0) is 21.6. The Bertz CT molecular complexity index is 753. The minimum atomic E-state index is -1.02. The van der Waals surface area contributed by atoms with Gasteiger partial charge in [0.15, 0.2) is 0 Å². The zero-order valence-electron chi connectivity index (χ0n) is 16.8. The lowest BCUT2D eigenvalue weighted by atomic mass is 9.89. The molecule has 0 bridgehead atoms. The van der Waals surface area contributed by atoms with Crippen molar-refractivity contribution in [2.45, 2.75) is 50.1 Å². The van der Waals surface area contributed by atoms with Crippen molar-refractivity contribution in [2.75, 3.05) is 13.2 Å². The summed E-state index contributed by atoms with van der Waals surface area (Å²) in [7, 11) is 0. The highest BCUT2D eigenvalue weighted by Crippen LogP contribution is 2.39. The number of aliphatic carboxylic acids is 1. The highest BCUT2D eigenvalue weighted by atomic mass is 35.5. The molecular weight excluding hydrogens is 408 g/mol. The lowest BCUT2D eigenvalue weighted by molar-refractivity contribution is -0.137. The molecule has 1 saturated carbocycles. The van der Waals surface area contributed by atoms with Crippen LogP contribution in [0.1, 0.15) is 37.7 Å². The van der Waals surface area contributed by atoms with Gasteiger partial charge in [-0.15, -0.1) is 0 Å². The molecule has 7 heteroatoms. The standard InChI is InChI=1S/C23H29ClO6/c24-17-9-7-16(8-10-17)23(29-13-14-30-23)12-11-19-18(20(25)15-21(19)26)5-3-1-2-4-6-22(27)28/h1,3,7-12,18-21,25-26H,2,4-6,13-15H2,(H,27,28)/b3-1-,12-11+/t18-,19-,20+,21-/m1/s1. The highest BCUT2D eigenvalue weighted by molar-refractivity contribution is 6.30. The number of rotatable bonds is 9. The molecule has 2 fully saturated rings. The fourth-order valence-corrected chi connectivity index (χ4v) is 4.28. The third-order valence-electron chi connectivity index (χ3n) is 5.75. The molecule has 3 N–H and O–H groups in total. The first-order valence-corrected chi connectivity index (χ1v) is 10.8. The van der Waals surface area contributed by atoms with Crippen LogP contribution in [0.3, 0.4) is 0 Å². The van der Waals surface area contributed by atoms with Gasteiger partial charge >= 0.3 is 5.97 Å². The second-order valence-electron chi connectivity index (χ2n) is 7.84. The fourth-order valence-electron chi connectivity index (χ4n) is 4.16. The van der Waals surface area contributed by atoms with E-state index in [9.17, 15) is 15.0 Å². The summed E-state index contributed by atoms with van der Waals surface area (Å²) in [5.41, 5.74) is 0.823. The molecule has 0 unspecified atom stereocenters. The SMILES string of the molecule is O=C(O)CCC/C=C\C[C@@H]1[C@@H](/C=C/C2(c3ccc(Cl)cc3)OCCO2)[C@H](O)C[C@@H]1O. The number of hydrogen-bond donors (Lipinski definition) is 3. The van der Waals surface area contributed by atoms with Crippen molar-refractivity contribution in [1.29, 1.82) is 0 Å². The molecule has 0 spiro atoms. The number of benzene rings is 1. The number of allylic oxidation sites excluding steroid dienone is 2.